The quantitative estimate of drug-likeness (QED) is 0.588. The van der Waals surface area contributed by atoms with E-state index in [1.807, 2.05) is 13.0 Å². The van der Waals surface area contributed by atoms with Gasteiger partial charge in [0.1, 0.15) is 0 Å². The van der Waals surface area contributed by atoms with Crippen LogP contribution in [0, 0.1) is 6.92 Å². The molecule has 0 bridgehead atoms. The van der Waals surface area contributed by atoms with Gasteiger partial charge in [-0.15, -0.1) is 0 Å². The van der Waals surface area contributed by atoms with Crippen molar-refractivity contribution in [2.45, 2.75) is 39.5 Å². The van der Waals surface area contributed by atoms with Crippen LogP contribution in [0.5, 0.6) is 5.75 Å². The largest absolute Gasteiger partial charge is 0.494 e. The van der Waals surface area contributed by atoms with Crippen LogP contribution >= 0.6 is 0 Å². The molecule has 1 rings (SSSR count). The summed E-state index contributed by atoms with van der Waals surface area (Å²) in [4.78, 5) is 16.2. The number of aryl methyl sites for hydroxylation is 1. The van der Waals surface area contributed by atoms with Gasteiger partial charge in [0.2, 0.25) is 0 Å². The second-order valence-electron chi connectivity index (χ2n) is 4.95. The number of pyridine rings is 1. The molecule has 4 nitrogen and oxygen atoms in total. The van der Waals surface area contributed by atoms with Gasteiger partial charge in [0.05, 0.1) is 14.2 Å². The zero-order valence-corrected chi connectivity index (χ0v) is 12.9. The van der Waals surface area contributed by atoms with Crippen LogP contribution in [0.25, 0.3) is 0 Å². The van der Waals surface area contributed by atoms with Crippen molar-refractivity contribution in [3.8, 4) is 5.75 Å². The molecule has 0 amide bonds. The van der Waals surface area contributed by atoms with E-state index in [0.29, 0.717) is 5.75 Å². The lowest BCUT2D eigenvalue weighted by atomic mass is 9.96. The molecular weight excluding hydrogens is 254 g/mol. The molecule has 0 fully saturated rings. The number of ether oxygens (including phenoxy) is 2. The molecule has 1 aromatic heterocycles. The van der Waals surface area contributed by atoms with Crippen molar-refractivity contribution >= 4 is 5.97 Å². The zero-order chi connectivity index (χ0) is 15.3. The first kappa shape index (κ1) is 16.2. The Hall–Kier alpha value is -1.84. The van der Waals surface area contributed by atoms with Gasteiger partial charge in [-0.05, 0) is 31.4 Å². The second kappa shape index (κ2) is 7.08. The Bertz CT molecular complexity index is 509. The molecule has 20 heavy (non-hydrogen) atoms. The van der Waals surface area contributed by atoms with Gasteiger partial charge in [-0.1, -0.05) is 26.0 Å². The number of hydrogen-bond donors (Lipinski definition) is 0. The highest BCUT2D eigenvalue weighted by Gasteiger charge is 2.20. The molecule has 4 heteroatoms. The number of rotatable bonds is 6. The predicted molar refractivity (Wildman–Crippen MR) is 79.3 cm³/mol. The Balaban J connectivity index is 3.19. The Morgan fingerprint density at radius 1 is 1.45 bits per heavy atom. The Labute approximate surface area is 120 Å². The number of allylic oxidation sites excluding steroid dienone is 1. The summed E-state index contributed by atoms with van der Waals surface area (Å²) in [5, 5.41) is 0. The summed E-state index contributed by atoms with van der Waals surface area (Å²) in [5.41, 5.74) is 3.15. The van der Waals surface area contributed by atoms with E-state index in [0.717, 1.165) is 24.1 Å². The molecule has 0 radical (unpaired) electrons. The van der Waals surface area contributed by atoms with Crippen LogP contribution in [-0.4, -0.2) is 25.2 Å². The Kier molecular flexibility index (Phi) is 5.74. The number of carbonyl (C=O) groups excluding carboxylic acids is 1. The van der Waals surface area contributed by atoms with E-state index < -0.39 is 5.97 Å². The van der Waals surface area contributed by atoms with Crippen LogP contribution in [0.3, 0.4) is 0 Å². The lowest BCUT2D eigenvalue weighted by molar-refractivity contribution is 0.0589. The summed E-state index contributed by atoms with van der Waals surface area (Å²) < 4.78 is 10.0. The summed E-state index contributed by atoms with van der Waals surface area (Å²) in [5.74, 6) is 0.200. The number of hydrogen-bond acceptors (Lipinski definition) is 4. The molecule has 0 aliphatic rings. The van der Waals surface area contributed by atoms with Crippen molar-refractivity contribution in [3.63, 3.8) is 0 Å². The van der Waals surface area contributed by atoms with E-state index in [-0.39, 0.29) is 11.6 Å². The highest BCUT2D eigenvalue weighted by atomic mass is 16.5. The van der Waals surface area contributed by atoms with E-state index in [4.69, 9.17) is 9.47 Å². The van der Waals surface area contributed by atoms with Crippen LogP contribution in [0.4, 0.5) is 0 Å². The monoisotopic (exact) mass is 277 g/mol. The van der Waals surface area contributed by atoms with Gasteiger partial charge in [-0.25, -0.2) is 9.78 Å². The minimum absolute atomic E-state index is 0.204. The average molecular weight is 277 g/mol. The van der Waals surface area contributed by atoms with E-state index in [1.54, 1.807) is 0 Å². The van der Waals surface area contributed by atoms with Crippen LogP contribution in [0.2, 0.25) is 0 Å². The topological polar surface area (TPSA) is 48.4 Å². The van der Waals surface area contributed by atoms with E-state index in [9.17, 15) is 4.79 Å². The molecule has 0 aliphatic heterocycles. The molecule has 0 aromatic carbocycles. The normalized spacial score (nSPS) is 11.8. The molecule has 1 unspecified atom stereocenters. The summed E-state index contributed by atoms with van der Waals surface area (Å²) >= 11 is 0. The number of methoxy groups -OCH3 is 2. The van der Waals surface area contributed by atoms with Crippen LogP contribution in [-0.2, 0) is 4.74 Å². The third-order valence-corrected chi connectivity index (χ3v) is 3.36. The average Bonchev–Trinajstić information content (AvgIpc) is 2.45. The van der Waals surface area contributed by atoms with E-state index in [1.165, 1.54) is 19.8 Å². The molecular formula is C16H23NO3. The van der Waals surface area contributed by atoms with Crippen LogP contribution in [0.15, 0.2) is 18.2 Å². The molecule has 0 aliphatic carbocycles. The number of carbonyl (C=O) groups is 1. The van der Waals surface area contributed by atoms with Gasteiger partial charge in [-0.3, -0.25) is 0 Å². The first-order chi connectivity index (χ1) is 9.44. The van der Waals surface area contributed by atoms with Crippen molar-refractivity contribution in [3.05, 3.63) is 35.2 Å². The lowest BCUT2D eigenvalue weighted by Gasteiger charge is -2.16. The predicted octanol–water partition coefficient (Wildman–Crippen LogP) is 3.65. The van der Waals surface area contributed by atoms with Gasteiger partial charge >= 0.3 is 5.97 Å². The maximum Gasteiger partial charge on any atom is 0.360 e. The molecule has 0 saturated carbocycles. The summed E-state index contributed by atoms with van der Waals surface area (Å²) in [7, 11) is 2.87. The van der Waals surface area contributed by atoms with Gasteiger partial charge < -0.3 is 9.47 Å². The second-order valence-corrected chi connectivity index (χ2v) is 4.95. The minimum atomic E-state index is -0.478. The third kappa shape index (κ3) is 3.59. The summed E-state index contributed by atoms with van der Waals surface area (Å²) in [6.07, 6.45) is 1.80. The Morgan fingerprint density at radius 2 is 2.10 bits per heavy atom. The SMILES string of the molecule is C=C(CC)CC(C)c1cc(C)c(OC)c(C(=O)OC)n1. The van der Waals surface area contributed by atoms with Crippen LogP contribution < -0.4 is 4.74 Å². The standard InChI is InChI=1S/C16H23NO3/c1-7-10(2)8-11(3)13-9-12(4)15(19-5)14(17-13)16(18)20-6/h9,11H,2,7-8H2,1,3-6H3. The maximum atomic E-state index is 11.8. The van der Waals surface area contributed by atoms with Crippen LogP contribution in [0.1, 0.15) is 54.4 Å². The number of aromatic nitrogens is 1. The number of nitrogens with zero attached hydrogens (tertiary/aromatic N) is 1. The smallest absolute Gasteiger partial charge is 0.360 e. The van der Waals surface area contributed by atoms with Gasteiger partial charge in [0.25, 0.3) is 0 Å². The van der Waals surface area contributed by atoms with Gasteiger partial charge in [0.15, 0.2) is 11.4 Å². The van der Waals surface area contributed by atoms with E-state index >= 15 is 0 Å². The Morgan fingerprint density at radius 3 is 2.60 bits per heavy atom. The fourth-order valence-electron chi connectivity index (χ4n) is 2.11. The van der Waals surface area contributed by atoms with Crippen molar-refractivity contribution in [2.24, 2.45) is 0 Å². The first-order valence-electron chi connectivity index (χ1n) is 6.75. The molecule has 0 N–H and O–H groups in total. The van der Waals surface area contributed by atoms with Crippen molar-refractivity contribution < 1.29 is 14.3 Å². The van der Waals surface area contributed by atoms with Gasteiger partial charge in [0, 0.05) is 11.6 Å². The van der Waals surface area contributed by atoms with E-state index in [2.05, 4.69) is 25.4 Å². The molecule has 110 valence electrons. The maximum absolute atomic E-state index is 11.8. The first-order valence-corrected chi connectivity index (χ1v) is 6.75. The fourth-order valence-corrected chi connectivity index (χ4v) is 2.11. The summed E-state index contributed by atoms with van der Waals surface area (Å²) in [6, 6.07) is 1.96. The van der Waals surface area contributed by atoms with Crippen molar-refractivity contribution in [1.29, 1.82) is 0 Å². The number of esters is 1. The molecule has 1 atom stereocenters. The lowest BCUT2D eigenvalue weighted by Crippen LogP contribution is -2.11. The molecule has 1 aromatic rings. The fraction of sp³-hybridized carbons (Fsp3) is 0.500. The molecule has 0 saturated heterocycles. The van der Waals surface area contributed by atoms with Crippen molar-refractivity contribution in [2.75, 3.05) is 14.2 Å². The molecule has 1 heterocycles. The summed E-state index contributed by atoms with van der Waals surface area (Å²) in [6.45, 7) is 10.1. The minimum Gasteiger partial charge on any atom is -0.494 e. The third-order valence-electron chi connectivity index (χ3n) is 3.36. The van der Waals surface area contributed by atoms with Gasteiger partial charge in [-0.2, -0.15) is 0 Å². The highest BCUT2D eigenvalue weighted by Crippen LogP contribution is 2.29. The highest BCUT2D eigenvalue weighted by molar-refractivity contribution is 5.90. The zero-order valence-electron chi connectivity index (χ0n) is 12.9. The molecule has 0 spiro atoms. The van der Waals surface area contributed by atoms with Crippen molar-refractivity contribution in [1.82, 2.24) is 4.98 Å².